The van der Waals surface area contributed by atoms with E-state index in [4.69, 9.17) is 0 Å². The smallest absolute Gasteiger partial charge is 0.0703 e. The molecule has 0 amide bonds. The molecule has 1 aromatic heterocycles. The Morgan fingerprint density at radius 1 is 1.10 bits per heavy atom. The topological polar surface area (TPSA) is 27.8 Å². The van der Waals surface area contributed by atoms with E-state index in [-0.39, 0.29) is 6.04 Å². The zero-order valence-electron chi connectivity index (χ0n) is 12.1. The number of benzene rings is 2. The highest BCUT2D eigenvalue weighted by Gasteiger charge is 2.30. The molecule has 0 aliphatic carbocycles. The van der Waals surface area contributed by atoms with Crippen LogP contribution in [-0.4, -0.2) is 11.0 Å². The summed E-state index contributed by atoms with van der Waals surface area (Å²) in [6.45, 7) is 6.04. The molecule has 0 fully saturated rings. The maximum Gasteiger partial charge on any atom is 0.0703 e. The third-order valence-electron chi connectivity index (χ3n) is 4.43. The number of rotatable bonds is 2. The van der Waals surface area contributed by atoms with Gasteiger partial charge < -0.3 is 10.3 Å². The third-order valence-corrected chi connectivity index (χ3v) is 4.43. The quantitative estimate of drug-likeness (QED) is 0.635. The average molecular weight is 274 g/mol. The molecule has 0 spiro atoms. The summed E-state index contributed by atoms with van der Waals surface area (Å²) >= 11 is 0. The lowest BCUT2D eigenvalue weighted by Gasteiger charge is -2.11. The van der Waals surface area contributed by atoms with Crippen LogP contribution in [0, 0.1) is 0 Å². The normalized spacial score (nSPS) is 21.0. The van der Waals surface area contributed by atoms with E-state index in [1.807, 2.05) is 6.08 Å². The Balaban J connectivity index is 2.02. The summed E-state index contributed by atoms with van der Waals surface area (Å²) in [5.41, 5.74) is 4.95. The van der Waals surface area contributed by atoms with Crippen LogP contribution in [0.2, 0.25) is 0 Å². The summed E-state index contributed by atoms with van der Waals surface area (Å²) in [6.07, 6.45) is 6.37. The Bertz CT molecular complexity index is 870. The molecular weight excluding hydrogens is 256 g/mol. The fourth-order valence-electron chi connectivity index (χ4n) is 3.45. The predicted octanol–water partition coefficient (Wildman–Crippen LogP) is 4.96. The second-order valence-corrected chi connectivity index (χ2v) is 5.58. The summed E-state index contributed by atoms with van der Waals surface area (Å²) in [5, 5.41) is 6.18. The SMILES string of the molecule is C=CC1Nc2c(ccc3c2[nH]c2ccccc23)C1/C=C\C. The molecule has 2 aromatic carbocycles. The predicted molar refractivity (Wildman–Crippen MR) is 91.0 cm³/mol. The van der Waals surface area contributed by atoms with E-state index in [1.165, 1.54) is 33.1 Å². The monoisotopic (exact) mass is 274 g/mol. The standard InChI is InChI=1S/C19H18N2/c1-3-7-12-14-10-11-15-13-8-5-6-9-17(13)21-19(15)18(14)20-16(12)4-2/h3-12,16,20-21H,2H2,1H3/b7-3-. The minimum absolute atomic E-state index is 0.258. The Morgan fingerprint density at radius 2 is 1.95 bits per heavy atom. The van der Waals surface area contributed by atoms with E-state index in [2.05, 4.69) is 72.4 Å². The Morgan fingerprint density at radius 3 is 2.76 bits per heavy atom. The van der Waals surface area contributed by atoms with Gasteiger partial charge >= 0.3 is 0 Å². The van der Waals surface area contributed by atoms with Crippen molar-refractivity contribution in [2.24, 2.45) is 0 Å². The lowest BCUT2D eigenvalue weighted by Crippen LogP contribution is -2.15. The van der Waals surface area contributed by atoms with E-state index in [1.54, 1.807) is 0 Å². The zero-order chi connectivity index (χ0) is 14.4. The van der Waals surface area contributed by atoms with Crippen molar-refractivity contribution in [2.75, 3.05) is 5.32 Å². The van der Waals surface area contributed by atoms with E-state index in [0.717, 1.165) is 0 Å². The number of nitrogens with one attached hydrogen (secondary N) is 2. The maximum absolute atomic E-state index is 3.97. The summed E-state index contributed by atoms with van der Waals surface area (Å²) in [7, 11) is 0. The molecule has 1 aliphatic rings. The Kier molecular flexibility index (Phi) is 2.64. The fourth-order valence-corrected chi connectivity index (χ4v) is 3.45. The molecule has 2 nitrogen and oxygen atoms in total. The van der Waals surface area contributed by atoms with Gasteiger partial charge in [-0.05, 0) is 18.6 Å². The summed E-state index contributed by atoms with van der Waals surface area (Å²) in [4.78, 5) is 3.56. The van der Waals surface area contributed by atoms with Crippen molar-refractivity contribution in [1.82, 2.24) is 4.98 Å². The van der Waals surface area contributed by atoms with Crippen LogP contribution in [-0.2, 0) is 0 Å². The van der Waals surface area contributed by atoms with Crippen LogP contribution in [0.4, 0.5) is 5.69 Å². The van der Waals surface area contributed by atoms with Crippen molar-refractivity contribution in [1.29, 1.82) is 0 Å². The van der Waals surface area contributed by atoms with Crippen molar-refractivity contribution in [3.8, 4) is 0 Å². The van der Waals surface area contributed by atoms with Gasteiger partial charge in [0.1, 0.15) is 0 Å². The number of anilines is 1. The first kappa shape index (κ1) is 12.3. The Hall–Kier alpha value is -2.48. The molecule has 2 heterocycles. The molecule has 3 aromatic rings. The summed E-state index contributed by atoms with van der Waals surface area (Å²) in [6, 6.07) is 13.2. The molecule has 0 saturated carbocycles. The fraction of sp³-hybridized carbons (Fsp3) is 0.158. The lowest BCUT2D eigenvalue weighted by molar-refractivity contribution is 0.815. The third kappa shape index (κ3) is 1.65. The second-order valence-electron chi connectivity index (χ2n) is 5.58. The van der Waals surface area contributed by atoms with Crippen molar-refractivity contribution in [2.45, 2.75) is 18.9 Å². The van der Waals surface area contributed by atoms with Crippen LogP contribution in [0.5, 0.6) is 0 Å². The first-order valence-electron chi connectivity index (χ1n) is 7.38. The van der Waals surface area contributed by atoms with Crippen LogP contribution in [0.1, 0.15) is 18.4 Å². The van der Waals surface area contributed by atoms with E-state index < -0.39 is 0 Å². The van der Waals surface area contributed by atoms with Gasteiger partial charge in [-0.2, -0.15) is 0 Å². The number of fused-ring (bicyclic) bond motifs is 5. The molecule has 0 saturated heterocycles. The van der Waals surface area contributed by atoms with Crippen molar-refractivity contribution < 1.29 is 0 Å². The van der Waals surface area contributed by atoms with Gasteiger partial charge in [0.2, 0.25) is 0 Å². The summed E-state index contributed by atoms with van der Waals surface area (Å²) < 4.78 is 0. The van der Waals surface area contributed by atoms with Crippen LogP contribution >= 0.6 is 0 Å². The molecule has 104 valence electrons. The molecule has 0 radical (unpaired) electrons. The summed E-state index contributed by atoms with van der Waals surface area (Å²) in [5.74, 6) is 0.360. The number of aromatic nitrogens is 1. The second kappa shape index (κ2) is 4.52. The number of hydrogen-bond acceptors (Lipinski definition) is 1. The molecule has 1 aliphatic heterocycles. The number of hydrogen-bond donors (Lipinski definition) is 2. The number of para-hydroxylation sites is 1. The highest BCUT2D eigenvalue weighted by atomic mass is 15.0. The molecule has 0 bridgehead atoms. The van der Waals surface area contributed by atoms with Crippen LogP contribution in [0.3, 0.4) is 0 Å². The molecule has 2 unspecified atom stereocenters. The number of aromatic amines is 1. The first-order valence-corrected chi connectivity index (χ1v) is 7.38. The largest absolute Gasteiger partial charge is 0.376 e. The molecular formula is C19H18N2. The lowest BCUT2D eigenvalue weighted by atomic mass is 9.94. The van der Waals surface area contributed by atoms with E-state index >= 15 is 0 Å². The van der Waals surface area contributed by atoms with Crippen molar-refractivity contribution >= 4 is 27.5 Å². The average Bonchev–Trinajstić information content (AvgIpc) is 3.06. The van der Waals surface area contributed by atoms with Gasteiger partial charge in [-0.25, -0.2) is 0 Å². The number of H-pyrrole nitrogens is 1. The van der Waals surface area contributed by atoms with Gasteiger partial charge in [0.15, 0.2) is 0 Å². The van der Waals surface area contributed by atoms with Crippen LogP contribution < -0.4 is 5.32 Å². The highest BCUT2D eigenvalue weighted by molar-refractivity contribution is 6.12. The van der Waals surface area contributed by atoms with Gasteiger partial charge in [-0.15, -0.1) is 6.58 Å². The molecule has 2 atom stereocenters. The maximum atomic E-state index is 3.97. The van der Waals surface area contributed by atoms with Gasteiger partial charge in [-0.1, -0.05) is 48.6 Å². The minimum Gasteiger partial charge on any atom is -0.376 e. The van der Waals surface area contributed by atoms with E-state index in [9.17, 15) is 0 Å². The van der Waals surface area contributed by atoms with Crippen LogP contribution in [0.15, 0.2) is 61.2 Å². The van der Waals surface area contributed by atoms with Gasteiger partial charge in [0.25, 0.3) is 0 Å². The van der Waals surface area contributed by atoms with E-state index in [0.29, 0.717) is 5.92 Å². The highest BCUT2D eigenvalue weighted by Crippen LogP contribution is 2.43. The first-order chi connectivity index (χ1) is 10.3. The Labute approximate surface area is 124 Å². The van der Waals surface area contributed by atoms with Crippen molar-refractivity contribution in [3.63, 3.8) is 0 Å². The number of allylic oxidation sites excluding steroid dienone is 1. The molecule has 21 heavy (non-hydrogen) atoms. The van der Waals surface area contributed by atoms with Gasteiger partial charge in [0, 0.05) is 22.2 Å². The van der Waals surface area contributed by atoms with Gasteiger partial charge in [-0.3, -0.25) is 0 Å². The molecule has 4 rings (SSSR count). The van der Waals surface area contributed by atoms with Crippen molar-refractivity contribution in [3.05, 3.63) is 66.8 Å². The minimum atomic E-state index is 0.258. The van der Waals surface area contributed by atoms with Gasteiger partial charge in [0.05, 0.1) is 17.2 Å². The molecule has 2 heteroatoms. The van der Waals surface area contributed by atoms with Crippen LogP contribution in [0.25, 0.3) is 21.8 Å². The molecule has 2 N–H and O–H groups in total. The zero-order valence-corrected chi connectivity index (χ0v) is 12.1.